The van der Waals surface area contributed by atoms with Gasteiger partial charge in [-0.3, -0.25) is 0 Å². The molecule has 1 aromatic heterocycles. The van der Waals surface area contributed by atoms with Crippen LogP contribution >= 0.6 is 0 Å². The smallest absolute Gasteiger partial charge is 0.143 e. The third kappa shape index (κ3) is 6.26. The second-order valence-corrected chi connectivity index (χ2v) is 21.0. The third-order valence-electron chi connectivity index (χ3n) is 17.2. The second kappa shape index (κ2) is 17.3. The highest BCUT2D eigenvalue weighted by atomic mass is 16.3. The fourth-order valence-corrected chi connectivity index (χ4v) is 14.0. The molecule has 13 aromatic carbocycles. The zero-order chi connectivity index (χ0) is 51.4. The topological polar surface area (TPSA) is 16.4 Å². The first kappa shape index (κ1) is 44.3. The van der Waals surface area contributed by atoms with E-state index in [-0.39, 0.29) is 0 Å². The molecule has 2 heteroatoms. The summed E-state index contributed by atoms with van der Waals surface area (Å²) < 4.78 is 7.09. The maximum Gasteiger partial charge on any atom is 0.143 e. The zero-order valence-electron chi connectivity index (χ0n) is 42.6. The van der Waals surface area contributed by atoms with Gasteiger partial charge in [0.2, 0.25) is 0 Å². The molecule has 14 aromatic rings. The van der Waals surface area contributed by atoms with Gasteiger partial charge in [-0.2, -0.15) is 0 Å². The Bertz CT molecular complexity index is 4410. The van der Waals surface area contributed by atoms with Gasteiger partial charge in [-0.15, -0.1) is 0 Å². The van der Waals surface area contributed by atoms with E-state index in [0.29, 0.717) is 0 Å². The van der Waals surface area contributed by atoms with Crippen molar-refractivity contribution in [2.45, 2.75) is 10.8 Å². The Morgan fingerprint density at radius 1 is 0.282 bits per heavy atom. The highest BCUT2D eigenvalue weighted by Gasteiger charge is 2.48. The lowest BCUT2D eigenvalue weighted by molar-refractivity contribution is 0.673. The largest absolute Gasteiger partial charge is 0.455 e. The van der Waals surface area contributed by atoms with Gasteiger partial charge < -0.3 is 9.32 Å². The minimum Gasteiger partial charge on any atom is -0.455 e. The number of benzene rings is 13. The van der Waals surface area contributed by atoms with Crippen molar-refractivity contribution in [2.24, 2.45) is 0 Å². The molecule has 0 fully saturated rings. The van der Waals surface area contributed by atoms with E-state index in [9.17, 15) is 0 Å². The van der Waals surface area contributed by atoms with Gasteiger partial charge in [0, 0.05) is 32.9 Å². The molecule has 16 rings (SSSR count). The molecule has 2 nitrogen and oxygen atoms in total. The summed E-state index contributed by atoms with van der Waals surface area (Å²) in [6.07, 6.45) is 0. The van der Waals surface area contributed by atoms with E-state index in [1.807, 2.05) is 0 Å². The molecular formula is C76H49NO. The SMILES string of the molecule is c1ccc(C2(c3ccccc3)c3ccccc3-c3ccc(N(c4ccc5c(c4)C(c4ccccc4)(c4ccccc4)c4ccccc4-5)c4cc5c(oc6cccc(-c7ccc8ccccc8c7)c65)c5ccccc45)cc32)cc1. The number of anilines is 3. The summed E-state index contributed by atoms with van der Waals surface area (Å²) in [5.41, 5.74) is 21.0. The van der Waals surface area contributed by atoms with E-state index in [1.165, 1.54) is 77.5 Å². The van der Waals surface area contributed by atoms with Crippen molar-refractivity contribution in [1.29, 1.82) is 0 Å². The lowest BCUT2D eigenvalue weighted by Crippen LogP contribution is -2.29. The van der Waals surface area contributed by atoms with E-state index >= 15 is 0 Å². The van der Waals surface area contributed by atoms with E-state index in [4.69, 9.17) is 4.42 Å². The first-order valence-corrected chi connectivity index (χ1v) is 27.1. The van der Waals surface area contributed by atoms with Gasteiger partial charge in [0.15, 0.2) is 0 Å². The molecular weight excluding hydrogens is 943 g/mol. The molecule has 1 heterocycles. The number of nitrogens with zero attached hydrogens (tertiary/aromatic N) is 1. The molecule has 0 radical (unpaired) electrons. The number of rotatable bonds is 8. The van der Waals surface area contributed by atoms with Crippen molar-refractivity contribution in [1.82, 2.24) is 0 Å². The Labute approximate surface area is 453 Å². The van der Waals surface area contributed by atoms with Crippen LogP contribution in [0, 0.1) is 0 Å². The van der Waals surface area contributed by atoms with Crippen LogP contribution in [-0.4, -0.2) is 0 Å². The van der Waals surface area contributed by atoms with Crippen LogP contribution in [0.25, 0.3) is 76.9 Å². The first-order chi connectivity index (χ1) is 38.7. The molecule has 0 bridgehead atoms. The number of furan rings is 1. The Morgan fingerprint density at radius 3 is 1.28 bits per heavy atom. The molecule has 2 aliphatic carbocycles. The predicted molar refractivity (Wildman–Crippen MR) is 323 cm³/mol. The van der Waals surface area contributed by atoms with E-state index in [2.05, 4.69) is 302 Å². The summed E-state index contributed by atoms with van der Waals surface area (Å²) in [6, 6.07) is 110. The molecule has 0 saturated heterocycles. The van der Waals surface area contributed by atoms with Crippen molar-refractivity contribution in [3.63, 3.8) is 0 Å². The van der Waals surface area contributed by atoms with Crippen LogP contribution in [0.5, 0.6) is 0 Å². The van der Waals surface area contributed by atoms with Crippen LogP contribution in [0.2, 0.25) is 0 Å². The summed E-state index contributed by atoms with van der Waals surface area (Å²) in [4.78, 5) is 2.55. The highest BCUT2D eigenvalue weighted by molar-refractivity contribution is 6.23. The minimum atomic E-state index is -0.604. The molecule has 0 amide bonds. The monoisotopic (exact) mass is 991 g/mol. The van der Waals surface area contributed by atoms with Gasteiger partial charge in [0.05, 0.1) is 16.5 Å². The van der Waals surface area contributed by atoms with Gasteiger partial charge >= 0.3 is 0 Å². The Morgan fingerprint density at radius 2 is 0.731 bits per heavy atom. The summed E-state index contributed by atoms with van der Waals surface area (Å²) >= 11 is 0. The molecule has 2 aliphatic rings. The van der Waals surface area contributed by atoms with Crippen molar-refractivity contribution in [2.75, 3.05) is 4.90 Å². The molecule has 0 N–H and O–H groups in total. The standard InChI is InChI=1S/C76H49NO/c1-5-24-53(25-6-1)75(54-26-7-2-8-27-54)67-37-19-17-32-60(67)62-44-42-57(47-69(62)75)77(58-43-45-63-61-33-18-20-38-68(61)76(70(63)48-58,55-28-9-3-10-29-55)56-30-11-4-12-31-56)71-49-66-73-59(52-41-40-50-22-13-14-23-51(50)46-52)36-21-39-72(73)78-74(66)65-35-16-15-34-64(65)71/h1-49H. The Hall–Kier alpha value is -10.0. The van der Waals surface area contributed by atoms with Gasteiger partial charge in [0.1, 0.15) is 11.2 Å². The van der Waals surface area contributed by atoms with Crippen LogP contribution in [0.4, 0.5) is 17.1 Å². The van der Waals surface area contributed by atoms with Crippen molar-refractivity contribution < 1.29 is 4.42 Å². The minimum absolute atomic E-state index is 0.604. The molecule has 0 atom stereocenters. The molecule has 0 unspecified atom stereocenters. The predicted octanol–water partition coefficient (Wildman–Crippen LogP) is 19.8. The maximum atomic E-state index is 7.09. The summed E-state index contributed by atoms with van der Waals surface area (Å²) in [5, 5.41) is 6.75. The van der Waals surface area contributed by atoms with E-state index in [1.54, 1.807) is 0 Å². The quantitative estimate of drug-likeness (QED) is 0.151. The third-order valence-corrected chi connectivity index (χ3v) is 17.2. The maximum absolute atomic E-state index is 7.09. The van der Waals surface area contributed by atoms with Crippen molar-refractivity contribution in [3.05, 3.63) is 342 Å². The summed E-state index contributed by atoms with van der Waals surface area (Å²) in [5.74, 6) is 0. The molecule has 364 valence electrons. The van der Waals surface area contributed by atoms with Crippen molar-refractivity contribution in [3.8, 4) is 33.4 Å². The second-order valence-electron chi connectivity index (χ2n) is 21.0. The highest BCUT2D eigenvalue weighted by Crippen LogP contribution is 2.60. The zero-order valence-corrected chi connectivity index (χ0v) is 42.6. The number of hydrogen-bond donors (Lipinski definition) is 0. The van der Waals surface area contributed by atoms with Crippen LogP contribution in [0.1, 0.15) is 44.5 Å². The van der Waals surface area contributed by atoms with E-state index < -0.39 is 10.8 Å². The van der Waals surface area contributed by atoms with E-state index in [0.717, 1.165) is 60.9 Å². The fraction of sp³-hybridized carbons (Fsp3) is 0.0263. The molecule has 0 saturated carbocycles. The molecule has 78 heavy (non-hydrogen) atoms. The Kier molecular flexibility index (Phi) is 9.80. The van der Waals surface area contributed by atoms with Crippen LogP contribution in [0.15, 0.2) is 302 Å². The summed E-state index contributed by atoms with van der Waals surface area (Å²) in [7, 11) is 0. The fourth-order valence-electron chi connectivity index (χ4n) is 14.0. The first-order valence-electron chi connectivity index (χ1n) is 27.1. The Balaban J connectivity index is 1.02. The van der Waals surface area contributed by atoms with Gasteiger partial charge in [-0.05, 0) is 131 Å². The van der Waals surface area contributed by atoms with Crippen LogP contribution in [0.3, 0.4) is 0 Å². The average Bonchev–Trinajstić information content (AvgIpc) is 3.82. The number of hydrogen-bond acceptors (Lipinski definition) is 2. The average molecular weight is 992 g/mol. The molecule has 0 aliphatic heterocycles. The van der Waals surface area contributed by atoms with Crippen LogP contribution in [-0.2, 0) is 10.8 Å². The van der Waals surface area contributed by atoms with Gasteiger partial charge in [-0.25, -0.2) is 0 Å². The van der Waals surface area contributed by atoms with Gasteiger partial charge in [-0.1, -0.05) is 255 Å². The molecule has 0 spiro atoms. The van der Waals surface area contributed by atoms with Crippen LogP contribution < -0.4 is 4.90 Å². The summed E-state index contributed by atoms with van der Waals surface area (Å²) in [6.45, 7) is 0. The normalized spacial score (nSPS) is 13.6. The lowest BCUT2D eigenvalue weighted by atomic mass is 9.67. The number of fused-ring (bicyclic) bond motifs is 12. The van der Waals surface area contributed by atoms with Crippen molar-refractivity contribution >= 4 is 60.5 Å². The van der Waals surface area contributed by atoms with Gasteiger partial charge in [0.25, 0.3) is 0 Å². The lowest BCUT2D eigenvalue weighted by Gasteiger charge is -2.36.